The van der Waals surface area contributed by atoms with Gasteiger partial charge in [0, 0.05) is 0 Å². The summed E-state index contributed by atoms with van der Waals surface area (Å²) >= 11 is 0. The predicted molar refractivity (Wildman–Crippen MR) is 94.7 cm³/mol. The molecule has 2 heteroatoms. The SMILES string of the molecule is CC1(OC(=O)C(c2ccccc2)c2ccccc2)CC2CCC1C2. The lowest BCUT2D eigenvalue weighted by Gasteiger charge is -2.35. The predicted octanol–water partition coefficient (Wildman–Crippen LogP) is 4.94. The molecule has 0 N–H and O–H groups in total. The van der Waals surface area contributed by atoms with Crippen molar-refractivity contribution in [3.63, 3.8) is 0 Å². The van der Waals surface area contributed by atoms with Crippen molar-refractivity contribution in [3.8, 4) is 0 Å². The number of carbonyl (C=O) groups is 1. The highest BCUT2D eigenvalue weighted by Gasteiger charge is 2.51. The van der Waals surface area contributed by atoms with Gasteiger partial charge in [0.1, 0.15) is 11.5 Å². The van der Waals surface area contributed by atoms with Crippen molar-refractivity contribution < 1.29 is 9.53 Å². The van der Waals surface area contributed by atoms with Crippen LogP contribution in [0.1, 0.15) is 49.7 Å². The van der Waals surface area contributed by atoms with Crippen LogP contribution in [-0.2, 0) is 9.53 Å². The van der Waals surface area contributed by atoms with Gasteiger partial charge in [-0.25, -0.2) is 0 Å². The Hall–Kier alpha value is -2.09. The van der Waals surface area contributed by atoms with Crippen LogP contribution in [-0.4, -0.2) is 11.6 Å². The first kappa shape index (κ1) is 15.4. The summed E-state index contributed by atoms with van der Waals surface area (Å²) in [6.45, 7) is 2.14. The van der Waals surface area contributed by atoms with Crippen LogP contribution < -0.4 is 0 Å². The number of hydrogen-bond acceptors (Lipinski definition) is 2. The van der Waals surface area contributed by atoms with Crippen LogP contribution in [0.3, 0.4) is 0 Å². The van der Waals surface area contributed by atoms with Gasteiger partial charge in [-0.05, 0) is 55.6 Å². The number of fused-ring (bicyclic) bond motifs is 2. The topological polar surface area (TPSA) is 26.3 Å². The molecule has 2 bridgehead atoms. The Morgan fingerprint density at radius 3 is 2.04 bits per heavy atom. The molecule has 3 atom stereocenters. The molecule has 0 aliphatic heterocycles. The molecule has 0 amide bonds. The van der Waals surface area contributed by atoms with E-state index in [1.807, 2.05) is 60.7 Å². The van der Waals surface area contributed by atoms with Gasteiger partial charge in [-0.15, -0.1) is 0 Å². The van der Waals surface area contributed by atoms with Crippen molar-refractivity contribution >= 4 is 5.97 Å². The molecule has 2 aliphatic carbocycles. The van der Waals surface area contributed by atoms with E-state index in [0.717, 1.165) is 23.5 Å². The first-order valence-corrected chi connectivity index (χ1v) is 8.98. The Balaban J connectivity index is 1.63. The monoisotopic (exact) mass is 320 g/mol. The molecule has 0 saturated heterocycles. The fraction of sp³-hybridized carbons (Fsp3) is 0.409. The lowest BCUT2D eigenvalue weighted by Crippen LogP contribution is -2.38. The smallest absolute Gasteiger partial charge is 0.318 e. The largest absolute Gasteiger partial charge is 0.458 e. The normalized spacial score (nSPS) is 28.2. The highest BCUT2D eigenvalue weighted by Crippen LogP contribution is 2.52. The van der Waals surface area contributed by atoms with E-state index in [2.05, 4.69) is 6.92 Å². The molecule has 2 fully saturated rings. The molecular weight excluding hydrogens is 296 g/mol. The summed E-state index contributed by atoms with van der Waals surface area (Å²) in [6.07, 6.45) is 4.76. The Morgan fingerprint density at radius 2 is 1.58 bits per heavy atom. The summed E-state index contributed by atoms with van der Waals surface area (Å²) in [5.74, 6) is 0.837. The molecule has 2 aromatic carbocycles. The van der Waals surface area contributed by atoms with E-state index in [-0.39, 0.29) is 17.5 Å². The standard InChI is InChI=1S/C22H24O2/c1-22(15-16-12-13-19(22)14-16)24-21(23)20(17-8-4-2-5-9-17)18-10-6-3-7-11-18/h2-11,16,19-20H,12-15H2,1H3. The first-order chi connectivity index (χ1) is 11.7. The molecule has 2 saturated carbocycles. The molecule has 3 unspecified atom stereocenters. The lowest BCUT2D eigenvalue weighted by atomic mass is 9.85. The summed E-state index contributed by atoms with van der Waals surface area (Å²) in [7, 11) is 0. The minimum atomic E-state index is -0.344. The molecule has 2 aromatic rings. The molecule has 0 aromatic heterocycles. The molecule has 24 heavy (non-hydrogen) atoms. The van der Waals surface area contributed by atoms with E-state index < -0.39 is 0 Å². The van der Waals surface area contributed by atoms with Crippen LogP contribution in [0.5, 0.6) is 0 Å². The molecule has 2 nitrogen and oxygen atoms in total. The zero-order valence-corrected chi connectivity index (χ0v) is 14.2. The van der Waals surface area contributed by atoms with Crippen LogP contribution in [0.4, 0.5) is 0 Å². The van der Waals surface area contributed by atoms with Gasteiger partial charge >= 0.3 is 5.97 Å². The summed E-state index contributed by atoms with van der Waals surface area (Å²) < 4.78 is 6.16. The van der Waals surface area contributed by atoms with E-state index in [9.17, 15) is 4.79 Å². The minimum Gasteiger partial charge on any atom is -0.458 e. The van der Waals surface area contributed by atoms with Gasteiger partial charge in [-0.1, -0.05) is 60.7 Å². The number of carbonyl (C=O) groups excluding carboxylic acids is 1. The zero-order valence-electron chi connectivity index (χ0n) is 14.2. The number of rotatable bonds is 4. The van der Waals surface area contributed by atoms with Crippen molar-refractivity contribution in [3.05, 3.63) is 71.8 Å². The van der Waals surface area contributed by atoms with Gasteiger partial charge in [-0.3, -0.25) is 4.79 Å². The first-order valence-electron chi connectivity index (χ1n) is 8.98. The lowest BCUT2D eigenvalue weighted by molar-refractivity contribution is -0.164. The van der Waals surface area contributed by atoms with Gasteiger partial charge in [0.25, 0.3) is 0 Å². The van der Waals surface area contributed by atoms with Crippen LogP contribution in [0.25, 0.3) is 0 Å². The summed E-state index contributed by atoms with van der Waals surface area (Å²) in [6, 6.07) is 20.0. The Morgan fingerprint density at radius 1 is 1.00 bits per heavy atom. The second-order valence-corrected chi connectivity index (χ2v) is 7.57. The summed E-state index contributed by atoms with van der Waals surface area (Å²) in [5.41, 5.74) is 1.72. The fourth-order valence-electron chi connectivity index (χ4n) is 4.72. The van der Waals surface area contributed by atoms with Crippen LogP contribution in [0, 0.1) is 11.8 Å². The summed E-state index contributed by atoms with van der Waals surface area (Å²) in [5, 5.41) is 0. The molecule has 0 spiro atoms. The third kappa shape index (κ3) is 2.75. The van der Waals surface area contributed by atoms with Crippen molar-refractivity contribution in [2.75, 3.05) is 0 Å². The number of hydrogen-bond donors (Lipinski definition) is 0. The Bertz CT molecular complexity index is 670. The van der Waals surface area contributed by atoms with E-state index in [4.69, 9.17) is 4.74 Å². The zero-order chi connectivity index (χ0) is 16.6. The van der Waals surface area contributed by atoms with E-state index in [1.54, 1.807) is 0 Å². The quantitative estimate of drug-likeness (QED) is 0.746. The highest BCUT2D eigenvalue weighted by atomic mass is 16.6. The van der Waals surface area contributed by atoms with Crippen molar-refractivity contribution in [1.29, 1.82) is 0 Å². The van der Waals surface area contributed by atoms with Gasteiger partial charge in [-0.2, -0.15) is 0 Å². The van der Waals surface area contributed by atoms with Gasteiger partial charge in [0.15, 0.2) is 0 Å². The summed E-state index contributed by atoms with van der Waals surface area (Å²) in [4.78, 5) is 13.2. The van der Waals surface area contributed by atoms with Gasteiger partial charge in [0.05, 0.1) is 0 Å². The van der Waals surface area contributed by atoms with E-state index in [1.165, 1.54) is 19.3 Å². The average Bonchev–Trinajstić information content (AvgIpc) is 3.17. The second-order valence-electron chi connectivity index (χ2n) is 7.57. The van der Waals surface area contributed by atoms with Crippen molar-refractivity contribution in [2.45, 2.75) is 44.1 Å². The third-order valence-electron chi connectivity index (χ3n) is 5.93. The molecular formula is C22H24O2. The second kappa shape index (κ2) is 6.08. The molecule has 0 heterocycles. The van der Waals surface area contributed by atoms with Crippen LogP contribution in [0.2, 0.25) is 0 Å². The number of ether oxygens (including phenoxy) is 1. The fourth-order valence-corrected chi connectivity index (χ4v) is 4.72. The molecule has 2 aliphatic rings. The number of benzene rings is 2. The van der Waals surface area contributed by atoms with Crippen LogP contribution >= 0.6 is 0 Å². The van der Waals surface area contributed by atoms with E-state index in [0.29, 0.717) is 5.92 Å². The molecule has 124 valence electrons. The van der Waals surface area contributed by atoms with Gasteiger partial charge < -0.3 is 4.74 Å². The van der Waals surface area contributed by atoms with Crippen molar-refractivity contribution in [2.24, 2.45) is 11.8 Å². The maximum absolute atomic E-state index is 13.2. The maximum atomic E-state index is 13.2. The minimum absolute atomic E-state index is 0.109. The molecule has 0 radical (unpaired) electrons. The third-order valence-corrected chi connectivity index (χ3v) is 5.93. The van der Waals surface area contributed by atoms with Crippen LogP contribution in [0.15, 0.2) is 60.7 Å². The van der Waals surface area contributed by atoms with E-state index >= 15 is 0 Å². The molecule has 4 rings (SSSR count). The van der Waals surface area contributed by atoms with Gasteiger partial charge in [0.2, 0.25) is 0 Å². The highest BCUT2D eigenvalue weighted by molar-refractivity contribution is 5.82. The average molecular weight is 320 g/mol. The Labute approximate surface area is 143 Å². The van der Waals surface area contributed by atoms with Crippen molar-refractivity contribution in [1.82, 2.24) is 0 Å². The number of esters is 1. The maximum Gasteiger partial charge on any atom is 0.318 e. The Kier molecular flexibility index (Phi) is 3.91.